The van der Waals surface area contributed by atoms with E-state index in [4.69, 9.17) is 38.0 Å². The smallest absolute Gasteiger partial charge is 0.387 e. The molecule has 12 N–H and O–H groups in total. The number of ketones is 1. The van der Waals surface area contributed by atoms with Crippen molar-refractivity contribution in [2.75, 3.05) is 58.1 Å². The van der Waals surface area contributed by atoms with E-state index in [1.807, 2.05) is 0 Å². The molecule has 2 saturated heterocycles. The van der Waals surface area contributed by atoms with Crippen molar-refractivity contribution in [1.82, 2.24) is 35.5 Å². The molecule has 2 aliphatic rings. The molecule has 0 saturated carbocycles. The van der Waals surface area contributed by atoms with Crippen molar-refractivity contribution < 1.29 is 105 Å². The molecule has 13 atom stereocenters. The first kappa shape index (κ1) is 56.6. The summed E-state index contributed by atoms with van der Waals surface area (Å²) in [5.74, 6) is -1.56. The van der Waals surface area contributed by atoms with E-state index in [-0.39, 0.29) is 41.6 Å². The van der Waals surface area contributed by atoms with E-state index in [0.29, 0.717) is 5.75 Å². The number of carbonyl (C=O) groups is 4. The number of aliphatic hydroxyl groups excluding tert-OH is 4. The van der Waals surface area contributed by atoms with Gasteiger partial charge in [0.2, 0.25) is 11.8 Å². The highest BCUT2D eigenvalue weighted by Crippen LogP contribution is 2.61. The molecule has 0 aliphatic carbocycles. The maximum atomic E-state index is 13.0. The zero-order chi connectivity index (χ0) is 50.1. The monoisotopic (exact) mass is 1040 g/mol. The molecule has 2 aromatic heterocycles. The lowest BCUT2D eigenvalue weighted by Gasteiger charge is -2.30. The Bertz CT molecular complexity index is 2190. The quantitative estimate of drug-likeness (QED) is 0.0321. The van der Waals surface area contributed by atoms with Crippen LogP contribution in [0.15, 0.2) is 12.7 Å². The molecule has 0 radical (unpaired) electrons. The van der Waals surface area contributed by atoms with Crippen LogP contribution in [0.4, 0.5) is 5.82 Å². The highest BCUT2D eigenvalue weighted by Gasteiger charge is 2.53. The summed E-state index contributed by atoms with van der Waals surface area (Å²) >= 11 is 1.02. The van der Waals surface area contributed by atoms with E-state index in [1.165, 1.54) is 39.3 Å². The summed E-state index contributed by atoms with van der Waals surface area (Å²) in [7, 11) is -14.6. The number of likely N-dealkylation sites (N-methyl/N-ethyl adjacent to an activating group) is 1. The summed E-state index contributed by atoms with van der Waals surface area (Å²) in [6, 6.07) is -0.944. The minimum Gasteiger partial charge on any atom is -0.387 e. The summed E-state index contributed by atoms with van der Waals surface area (Å²) < 4.78 is 80.6. The van der Waals surface area contributed by atoms with E-state index in [1.54, 1.807) is 0 Å². The summed E-state index contributed by atoms with van der Waals surface area (Å²) in [6.45, 7) is 1.69. The number of ether oxygens (including phenoxy) is 3. The van der Waals surface area contributed by atoms with Crippen LogP contribution in [0.3, 0.4) is 0 Å². The Morgan fingerprint density at radius 3 is 2.18 bits per heavy atom. The van der Waals surface area contributed by atoms with Crippen LogP contribution >= 0.6 is 35.2 Å². The highest BCUT2D eigenvalue weighted by atomic mass is 32.2. The molecule has 30 nitrogen and oxygen atoms in total. The van der Waals surface area contributed by atoms with Gasteiger partial charge in [0.1, 0.15) is 60.4 Å². The molecule has 380 valence electrons. The Hall–Kier alpha value is -2.97. The second kappa shape index (κ2) is 24.2. The van der Waals surface area contributed by atoms with Gasteiger partial charge in [-0.3, -0.25) is 41.8 Å². The molecule has 67 heavy (non-hydrogen) atoms. The number of nitrogens with zero attached hydrogens (tertiary/aromatic N) is 4. The van der Waals surface area contributed by atoms with Crippen LogP contribution in [0.2, 0.25) is 0 Å². The van der Waals surface area contributed by atoms with Crippen LogP contribution in [0.25, 0.3) is 11.2 Å². The molecule has 0 aromatic carbocycles. The van der Waals surface area contributed by atoms with Gasteiger partial charge in [0, 0.05) is 37.6 Å². The van der Waals surface area contributed by atoms with Crippen LogP contribution < -0.4 is 21.7 Å². The number of nitrogens with one attached hydrogen (secondary N) is 3. The Kier molecular flexibility index (Phi) is 20.5. The zero-order valence-electron chi connectivity index (χ0n) is 36.5. The van der Waals surface area contributed by atoms with Gasteiger partial charge >= 0.3 is 23.5 Å². The fourth-order valence-corrected chi connectivity index (χ4v) is 9.57. The van der Waals surface area contributed by atoms with Crippen LogP contribution in [-0.2, 0) is 69.5 Å². The number of nitrogens with two attached hydrogens (primary N) is 1. The first-order chi connectivity index (χ1) is 31.2. The number of nitrogen functional groups attached to an aromatic ring is 1. The molecule has 34 heteroatoms. The average Bonchev–Trinajstić information content (AvgIpc) is 3.89. The Labute approximate surface area is 385 Å². The molecular formula is C33H55N8O22P3S. The van der Waals surface area contributed by atoms with Gasteiger partial charge < -0.3 is 71.0 Å². The van der Waals surface area contributed by atoms with Gasteiger partial charge in [0.05, 0.1) is 38.8 Å². The lowest BCUT2D eigenvalue weighted by atomic mass is 9.87. The molecule has 4 rings (SSSR count). The first-order valence-electron chi connectivity index (χ1n) is 19.9. The predicted octanol–water partition coefficient (Wildman–Crippen LogP) is -2.65. The van der Waals surface area contributed by atoms with Gasteiger partial charge in [0.15, 0.2) is 29.1 Å². The number of aliphatic hydroxyl groups is 4. The summed E-state index contributed by atoms with van der Waals surface area (Å²) in [4.78, 5) is 90.1. The molecule has 2 fully saturated rings. The van der Waals surface area contributed by atoms with Crippen molar-refractivity contribution >= 4 is 74.9 Å². The highest BCUT2D eigenvalue weighted by molar-refractivity contribution is 8.13. The number of thioether (sulfide) groups is 1. The number of phosphoric ester groups is 3. The van der Waals surface area contributed by atoms with Crippen molar-refractivity contribution in [2.24, 2.45) is 5.41 Å². The fraction of sp³-hybridized carbons (Fsp3) is 0.727. The summed E-state index contributed by atoms with van der Waals surface area (Å²) in [5, 5.41) is 51.0. The molecule has 4 heterocycles. The number of imidazole rings is 1. The number of Topliss-reactive ketones (excluding diaryl/α,β-unsaturated/α-hetero) is 1. The third kappa shape index (κ3) is 16.3. The van der Waals surface area contributed by atoms with Crippen molar-refractivity contribution in [1.29, 1.82) is 0 Å². The normalized spacial score (nSPS) is 26.9. The van der Waals surface area contributed by atoms with Crippen molar-refractivity contribution in [3.05, 3.63) is 12.7 Å². The van der Waals surface area contributed by atoms with Gasteiger partial charge in [-0.15, -0.1) is 0 Å². The molecule has 0 spiro atoms. The first-order valence-corrected chi connectivity index (χ1v) is 25.4. The number of hydrogen-bond donors (Lipinski definition) is 11. The van der Waals surface area contributed by atoms with E-state index in [0.717, 1.165) is 24.4 Å². The molecular weight excluding hydrogens is 985 g/mol. The third-order valence-electron chi connectivity index (χ3n) is 9.81. The molecule has 2 amide bonds. The maximum Gasteiger partial charge on any atom is 0.481 e. The molecule has 0 bridgehead atoms. The van der Waals surface area contributed by atoms with Gasteiger partial charge in [-0.1, -0.05) is 25.6 Å². The SMILES string of the molecule is CN[C@@H](COP(=O)(O)OC[C@H]1O[C@@H](O[C@@H]2[C@H](O)[C@@H](COP(=O)(O)OP(=O)(O)OCC(C)(C)[C@@H](O)C(=O)NCCC(=O)NCCSC(C)=O)O[C@H]2n2cnc3c(N)ncnc32)[C@H](O)[C@@H]1O)C(C)=O. The van der Waals surface area contributed by atoms with Gasteiger partial charge in [-0.2, -0.15) is 4.31 Å². The number of phosphoric acid groups is 3. The van der Waals surface area contributed by atoms with Crippen LogP contribution in [0.1, 0.15) is 40.3 Å². The number of amides is 2. The maximum absolute atomic E-state index is 13.0. The molecule has 2 aromatic rings. The number of aromatic nitrogens is 4. The largest absolute Gasteiger partial charge is 0.481 e. The fourth-order valence-electron chi connectivity index (χ4n) is 6.08. The minimum absolute atomic E-state index is 0.0171. The van der Waals surface area contributed by atoms with E-state index >= 15 is 0 Å². The number of anilines is 1. The lowest BCUT2D eigenvalue weighted by molar-refractivity contribution is -0.219. The van der Waals surface area contributed by atoms with E-state index in [9.17, 15) is 68.0 Å². The van der Waals surface area contributed by atoms with Crippen molar-refractivity contribution in [3.63, 3.8) is 0 Å². The molecule has 3 unspecified atom stereocenters. The average molecular weight is 1040 g/mol. The van der Waals surface area contributed by atoms with E-state index < -0.39 is 134 Å². The van der Waals surface area contributed by atoms with Crippen molar-refractivity contribution in [2.45, 2.75) is 95.4 Å². The Morgan fingerprint density at radius 2 is 1.54 bits per heavy atom. The number of carbonyl (C=O) groups excluding carboxylic acids is 4. The van der Waals surface area contributed by atoms with Gasteiger partial charge in [0.25, 0.3) is 0 Å². The molecule has 2 aliphatic heterocycles. The Morgan fingerprint density at radius 1 is 0.896 bits per heavy atom. The lowest BCUT2D eigenvalue weighted by Crippen LogP contribution is -2.46. The van der Waals surface area contributed by atoms with Crippen molar-refractivity contribution in [3.8, 4) is 0 Å². The third-order valence-corrected chi connectivity index (χ3v) is 14.2. The van der Waals surface area contributed by atoms with E-state index in [2.05, 4.69) is 35.2 Å². The zero-order valence-corrected chi connectivity index (χ0v) is 40.0. The number of fused-ring (bicyclic) bond motifs is 1. The number of hydrogen-bond acceptors (Lipinski definition) is 25. The van der Waals surface area contributed by atoms with Gasteiger partial charge in [-0.25, -0.2) is 28.6 Å². The standard InChI is InChI=1S/C33H55N8O22P3S/c1-16(42)18(35-5)10-56-64(50,51)57-11-19-23(45)25(47)32(61-19)62-26-24(46)20(60-31(26)41-15-40-22-28(34)38-14-39-29(22)41)12-58-65(52,53)63-66(54,55)59-13-33(3,4)27(48)30(49)37-7-6-21(44)36-8-9-67-17(2)43/h14-15,18-20,23-27,31-32,35,45-48H,6-13H2,1-5H3,(H,36,44)(H,37,49)(H,50,51)(H,52,53)(H,54,55)(H2,34,38,39)/t18-,19+,20+,23+,24+,25+,26+,27-,31+,32-/m0/s1. The number of rotatable bonds is 27. The van der Waals surface area contributed by atoms with Gasteiger partial charge in [-0.05, 0) is 14.0 Å². The summed E-state index contributed by atoms with van der Waals surface area (Å²) in [5.41, 5.74) is 4.35. The van der Waals surface area contributed by atoms with Crippen LogP contribution in [-0.4, -0.2) is 185 Å². The minimum atomic E-state index is -5.61. The second-order valence-electron chi connectivity index (χ2n) is 15.5. The summed E-state index contributed by atoms with van der Waals surface area (Å²) in [6.07, 6.45) is -13.7. The van der Waals surface area contributed by atoms with Crippen LogP contribution in [0, 0.1) is 5.41 Å². The van der Waals surface area contributed by atoms with Crippen LogP contribution in [0.5, 0.6) is 0 Å². The predicted molar refractivity (Wildman–Crippen MR) is 227 cm³/mol. The second-order valence-corrected chi connectivity index (χ2v) is 21.3. The Balaban J connectivity index is 1.37. The topological polar surface area (TPSA) is 441 Å².